The lowest BCUT2D eigenvalue weighted by Gasteiger charge is -2.25. The molecule has 0 saturated carbocycles. The van der Waals surface area contributed by atoms with Crippen LogP contribution in [-0.4, -0.2) is 38.3 Å². The van der Waals surface area contributed by atoms with Crippen molar-refractivity contribution < 1.29 is 23.3 Å². The molecule has 114 valence electrons. The first-order valence-corrected chi connectivity index (χ1v) is 7.24. The summed E-state index contributed by atoms with van der Waals surface area (Å²) in [5, 5.41) is 7.15. The van der Waals surface area contributed by atoms with Gasteiger partial charge < -0.3 is 9.45 Å². The van der Waals surface area contributed by atoms with Gasteiger partial charge in [0, 0.05) is 22.7 Å². The average molecular weight is 381 g/mol. The Hall–Kier alpha value is -1.35. The summed E-state index contributed by atoms with van der Waals surface area (Å²) in [6.07, 6.45) is -4.08. The van der Waals surface area contributed by atoms with E-state index in [1.54, 1.807) is 0 Å². The Morgan fingerprint density at radius 3 is 2.39 bits per heavy atom. The number of imidazole rings is 1. The van der Waals surface area contributed by atoms with E-state index in [0.717, 1.165) is 4.57 Å². The largest absolute Gasteiger partial charge is 0.434 e. The molecule has 4 nitrogen and oxygen atoms in total. The van der Waals surface area contributed by atoms with Gasteiger partial charge in [-0.15, -0.1) is 0 Å². The highest BCUT2D eigenvalue weighted by atomic mass is 79.9. The quantitative estimate of drug-likeness (QED) is 0.383. The lowest BCUT2D eigenvalue weighted by Crippen LogP contribution is -2.35. The number of benzene rings is 1. The maximum atomic E-state index is 12.9. The molecular formula is C12H7B3BrF3N2O2. The zero-order valence-corrected chi connectivity index (χ0v) is 13.1. The number of hydrogen-bond acceptors (Lipinski definition) is 3. The van der Waals surface area contributed by atoms with E-state index in [1.165, 1.54) is 18.2 Å². The van der Waals surface area contributed by atoms with Gasteiger partial charge in [-0.2, -0.15) is 13.2 Å². The normalized spacial score (nSPS) is 12.4. The van der Waals surface area contributed by atoms with E-state index in [0.29, 0.717) is 17.1 Å². The molecule has 1 N–H and O–H groups in total. The molecule has 0 fully saturated rings. The highest BCUT2D eigenvalue weighted by Crippen LogP contribution is 2.34. The second-order valence-corrected chi connectivity index (χ2v) is 5.31. The predicted molar refractivity (Wildman–Crippen MR) is 83.8 cm³/mol. The van der Waals surface area contributed by atoms with E-state index >= 15 is 0 Å². The fourth-order valence-corrected chi connectivity index (χ4v) is 2.37. The molecule has 0 bridgehead atoms. The lowest BCUT2D eigenvalue weighted by atomic mass is 9.49. The fourth-order valence-electron chi connectivity index (χ4n) is 1.90. The summed E-state index contributed by atoms with van der Waals surface area (Å²) >= 11 is 3.19. The van der Waals surface area contributed by atoms with Crippen molar-refractivity contribution >= 4 is 39.5 Å². The summed E-state index contributed by atoms with van der Waals surface area (Å²) < 4.78 is 39.4. The van der Waals surface area contributed by atoms with Crippen LogP contribution in [0.25, 0.3) is 11.4 Å². The molecule has 0 aliphatic rings. The first-order valence-electron chi connectivity index (χ1n) is 6.12. The molecule has 0 unspecified atom stereocenters. The average Bonchev–Trinajstić information content (AvgIpc) is 2.91. The van der Waals surface area contributed by atoms with Crippen LogP contribution in [0.1, 0.15) is 11.3 Å². The number of aromatic nitrogens is 2. The Kier molecular flexibility index (Phi) is 4.91. The number of alkyl halides is 4. The summed E-state index contributed by atoms with van der Waals surface area (Å²) in [6.45, 7) is 0. The van der Waals surface area contributed by atoms with E-state index in [-0.39, 0.29) is 17.1 Å². The number of rotatable bonds is 4. The molecule has 6 radical (unpaired) electrons. The van der Waals surface area contributed by atoms with Gasteiger partial charge >= 0.3 is 6.18 Å². The van der Waals surface area contributed by atoms with Crippen molar-refractivity contribution in [2.75, 3.05) is 0 Å². The predicted octanol–water partition coefficient (Wildman–Crippen LogP) is 2.39. The standard InChI is InChI=1S/C12H7B3BrF3N2O2/c13-12(14,15)21-5-9(11(17,18)19)20-10(21)6-1-2-7(4-16)8(3-6)23-22/h1-3,5,22H,4H2. The van der Waals surface area contributed by atoms with Crippen LogP contribution < -0.4 is 4.89 Å². The van der Waals surface area contributed by atoms with Gasteiger partial charge in [-0.3, -0.25) is 0 Å². The van der Waals surface area contributed by atoms with Crippen molar-refractivity contribution in [1.29, 1.82) is 0 Å². The Morgan fingerprint density at radius 2 is 1.91 bits per heavy atom. The molecule has 0 saturated heterocycles. The Morgan fingerprint density at radius 1 is 1.26 bits per heavy atom. The molecule has 0 atom stereocenters. The van der Waals surface area contributed by atoms with Crippen LogP contribution in [0.4, 0.5) is 13.2 Å². The van der Waals surface area contributed by atoms with Crippen LogP contribution in [0, 0.1) is 0 Å². The van der Waals surface area contributed by atoms with Crippen molar-refractivity contribution in [3.05, 3.63) is 35.7 Å². The molecule has 1 aromatic heterocycles. The van der Waals surface area contributed by atoms with Crippen LogP contribution in [0.15, 0.2) is 24.4 Å². The van der Waals surface area contributed by atoms with Gasteiger partial charge in [0.2, 0.25) is 0 Å². The van der Waals surface area contributed by atoms with Crippen LogP contribution in [0.5, 0.6) is 5.75 Å². The SMILES string of the molecule is [B]C([B])([B])n1cc(C(F)(F)F)nc1-c1ccc(CBr)c(OO)c1. The number of nitrogens with zero attached hydrogens (tertiary/aromatic N) is 2. The molecular weight excluding hydrogens is 373 g/mol. The highest BCUT2D eigenvalue weighted by Gasteiger charge is 2.36. The highest BCUT2D eigenvalue weighted by molar-refractivity contribution is 9.08. The van der Waals surface area contributed by atoms with E-state index in [2.05, 4.69) is 25.8 Å². The first-order chi connectivity index (χ1) is 10.6. The van der Waals surface area contributed by atoms with Gasteiger partial charge in [0.1, 0.15) is 5.82 Å². The first kappa shape index (κ1) is 18.0. The van der Waals surface area contributed by atoms with Crippen LogP contribution in [0.3, 0.4) is 0 Å². The van der Waals surface area contributed by atoms with Crippen molar-refractivity contribution in [1.82, 2.24) is 9.55 Å². The monoisotopic (exact) mass is 380 g/mol. The Balaban J connectivity index is 2.65. The van der Waals surface area contributed by atoms with Gasteiger partial charge in [0.15, 0.2) is 11.4 Å². The summed E-state index contributed by atoms with van der Waals surface area (Å²) in [5.41, 5.74) is -0.445. The number of halogens is 4. The Labute approximate surface area is 142 Å². The molecule has 2 rings (SSSR count). The van der Waals surface area contributed by atoms with Crippen molar-refractivity contribution in [2.45, 2.75) is 16.7 Å². The molecule has 0 amide bonds. The molecule has 0 aliphatic heterocycles. The second kappa shape index (κ2) is 6.28. The molecule has 0 spiro atoms. The summed E-state index contributed by atoms with van der Waals surface area (Å²) in [5.74, 6) is -0.177. The lowest BCUT2D eigenvalue weighted by molar-refractivity contribution is -0.140. The molecule has 0 aliphatic carbocycles. The molecule has 1 heterocycles. The maximum Gasteiger partial charge on any atom is 0.434 e. The maximum absolute atomic E-state index is 12.9. The summed E-state index contributed by atoms with van der Waals surface area (Å²) in [4.78, 5) is 7.71. The summed E-state index contributed by atoms with van der Waals surface area (Å²) in [7, 11) is 16.5. The molecule has 1 aromatic carbocycles. The van der Waals surface area contributed by atoms with Gasteiger partial charge in [0.25, 0.3) is 0 Å². The minimum atomic E-state index is -4.70. The van der Waals surface area contributed by atoms with Gasteiger partial charge in [0.05, 0.1) is 23.5 Å². The fraction of sp³-hybridized carbons (Fsp3) is 0.250. The van der Waals surface area contributed by atoms with Crippen molar-refractivity contribution in [3.8, 4) is 17.1 Å². The third-order valence-electron chi connectivity index (χ3n) is 2.98. The third-order valence-corrected chi connectivity index (χ3v) is 3.59. The van der Waals surface area contributed by atoms with Gasteiger partial charge in [-0.25, -0.2) is 10.2 Å². The van der Waals surface area contributed by atoms with Gasteiger partial charge in [-0.05, 0) is 6.07 Å². The molecule has 23 heavy (non-hydrogen) atoms. The second-order valence-electron chi connectivity index (χ2n) is 4.75. The zero-order chi connectivity index (χ0) is 17.4. The van der Waals surface area contributed by atoms with Crippen molar-refractivity contribution in [2.24, 2.45) is 0 Å². The van der Waals surface area contributed by atoms with Crippen LogP contribution in [-0.2, 0) is 16.7 Å². The van der Waals surface area contributed by atoms with E-state index in [4.69, 9.17) is 28.8 Å². The minimum Gasteiger partial charge on any atom is -0.350 e. The summed E-state index contributed by atoms with van der Waals surface area (Å²) in [6, 6.07) is 4.30. The zero-order valence-electron chi connectivity index (χ0n) is 11.5. The van der Waals surface area contributed by atoms with Crippen LogP contribution in [0.2, 0.25) is 0 Å². The van der Waals surface area contributed by atoms with E-state index < -0.39 is 17.1 Å². The van der Waals surface area contributed by atoms with E-state index in [1.807, 2.05) is 0 Å². The van der Waals surface area contributed by atoms with Crippen molar-refractivity contribution in [3.63, 3.8) is 0 Å². The Bertz CT molecular complexity index is 717. The smallest absolute Gasteiger partial charge is 0.350 e. The van der Waals surface area contributed by atoms with Gasteiger partial charge in [-0.1, -0.05) is 33.3 Å². The molecule has 2 aromatic rings. The van der Waals surface area contributed by atoms with E-state index in [9.17, 15) is 13.2 Å². The third kappa shape index (κ3) is 3.77. The van der Waals surface area contributed by atoms with Crippen LogP contribution >= 0.6 is 15.9 Å². The topological polar surface area (TPSA) is 47.3 Å². The number of hydrogen-bond donors (Lipinski definition) is 1. The minimum absolute atomic E-state index is 0.0409. The molecule has 11 heteroatoms.